The molecular formula is C17H25F2IN4O3. The summed E-state index contributed by atoms with van der Waals surface area (Å²) in [4.78, 5) is 17.4. The van der Waals surface area contributed by atoms with Crippen molar-refractivity contribution in [2.45, 2.75) is 25.8 Å². The maximum absolute atomic E-state index is 13.4. The molecule has 2 rings (SSSR count). The summed E-state index contributed by atoms with van der Waals surface area (Å²) >= 11 is 0. The number of halogens is 3. The van der Waals surface area contributed by atoms with Gasteiger partial charge in [-0.1, -0.05) is 0 Å². The molecule has 1 aliphatic heterocycles. The third-order valence-corrected chi connectivity index (χ3v) is 3.90. The van der Waals surface area contributed by atoms with Crippen molar-refractivity contribution >= 4 is 36.0 Å². The summed E-state index contributed by atoms with van der Waals surface area (Å²) in [7, 11) is 0. The predicted molar refractivity (Wildman–Crippen MR) is 109 cm³/mol. The molecule has 1 aliphatic rings. The average Bonchev–Trinajstić information content (AvgIpc) is 2.61. The highest BCUT2D eigenvalue weighted by Crippen LogP contribution is 2.17. The molecule has 3 N–H and O–H groups in total. The summed E-state index contributed by atoms with van der Waals surface area (Å²) in [5, 5.41) is 3.10. The molecule has 152 valence electrons. The minimum atomic E-state index is -0.756. The van der Waals surface area contributed by atoms with Gasteiger partial charge >= 0.3 is 6.09 Å². The Morgan fingerprint density at radius 2 is 2.07 bits per heavy atom. The number of nitrogens with zero attached hydrogens (tertiary/aromatic N) is 2. The second-order valence-electron chi connectivity index (χ2n) is 5.79. The number of hydrogen-bond acceptors (Lipinski definition) is 4. The topological polar surface area (TPSA) is 89.2 Å². The molecular weight excluding hydrogens is 473 g/mol. The van der Waals surface area contributed by atoms with E-state index in [4.69, 9.17) is 15.2 Å². The Kier molecular flexibility index (Phi) is 10.1. The molecule has 1 saturated heterocycles. The van der Waals surface area contributed by atoms with E-state index in [1.165, 1.54) is 6.07 Å². The number of benzene rings is 1. The molecule has 27 heavy (non-hydrogen) atoms. The highest BCUT2D eigenvalue weighted by molar-refractivity contribution is 14.0. The number of carbonyl (C=O) groups excluding carboxylic acids is 1. The van der Waals surface area contributed by atoms with Gasteiger partial charge in [0.25, 0.3) is 0 Å². The van der Waals surface area contributed by atoms with Crippen LogP contribution in [0.3, 0.4) is 0 Å². The second-order valence-corrected chi connectivity index (χ2v) is 5.79. The van der Waals surface area contributed by atoms with E-state index < -0.39 is 11.6 Å². The lowest BCUT2D eigenvalue weighted by atomic mass is 10.1. The van der Waals surface area contributed by atoms with Gasteiger partial charge in [0.1, 0.15) is 12.4 Å². The summed E-state index contributed by atoms with van der Waals surface area (Å²) in [6.45, 7) is 3.68. The van der Waals surface area contributed by atoms with Crippen molar-refractivity contribution in [3.8, 4) is 5.75 Å². The van der Waals surface area contributed by atoms with Crippen molar-refractivity contribution in [3.05, 3.63) is 29.8 Å². The van der Waals surface area contributed by atoms with Crippen LogP contribution in [0.25, 0.3) is 0 Å². The fraction of sp³-hybridized carbons (Fsp3) is 0.529. The molecule has 0 aromatic heterocycles. The van der Waals surface area contributed by atoms with Crippen LogP contribution in [0.2, 0.25) is 0 Å². The monoisotopic (exact) mass is 498 g/mol. The van der Waals surface area contributed by atoms with E-state index in [0.29, 0.717) is 19.7 Å². The largest absolute Gasteiger partial charge is 0.489 e. The summed E-state index contributed by atoms with van der Waals surface area (Å²) in [6, 6.07) is 3.24. The van der Waals surface area contributed by atoms with Crippen LogP contribution >= 0.6 is 24.0 Å². The van der Waals surface area contributed by atoms with Gasteiger partial charge in [-0.25, -0.2) is 18.6 Å². The molecule has 1 heterocycles. The Hall–Kier alpha value is -1.85. The minimum Gasteiger partial charge on any atom is -0.489 e. The Labute approximate surface area is 174 Å². The van der Waals surface area contributed by atoms with E-state index in [1.807, 2.05) is 0 Å². The Balaban J connectivity index is 0.00000364. The lowest BCUT2D eigenvalue weighted by Gasteiger charge is -2.31. The van der Waals surface area contributed by atoms with Gasteiger partial charge in [0, 0.05) is 25.2 Å². The summed E-state index contributed by atoms with van der Waals surface area (Å²) in [5.74, 6) is -1.18. The molecule has 1 fully saturated rings. The van der Waals surface area contributed by atoms with Gasteiger partial charge in [-0.05, 0) is 31.9 Å². The maximum Gasteiger partial charge on any atom is 0.409 e. The number of aliphatic imine (C=N–C) groups is 1. The number of carbonyl (C=O) groups is 1. The zero-order valence-corrected chi connectivity index (χ0v) is 17.5. The number of rotatable bonds is 6. The lowest BCUT2D eigenvalue weighted by Crippen LogP contribution is -2.48. The zero-order valence-electron chi connectivity index (χ0n) is 15.1. The first-order chi connectivity index (χ1) is 12.5. The van der Waals surface area contributed by atoms with Gasteiger partial charge in [-0.2, -0.15) is 0 Å². The third kappa shape index (κ3) is 7.73. The Morgan fingerprint density at radius 1 is 1.37 bits per heavy atom. The van der Waals surface area contributed by atoms with Crippen molar-refractivity contribution in [3.63, 3.8) is 0 Å². The van der Waals surface area contributed by atoms with Gasteiger partial charge in [-0.3, -0.25) is 0 Å². The van der Waals surface area contributed by atoms with Crippen molar-refractivity contribution in [2.75, 3.05) is 32.8 Å². The number of hydrogen-bond donors (Lipinski definition) is 2. The molecule has 1 amide bonds. The van der Waals surface area contributed by atoms with Crippen molar-refractivity contribution in [1.29, 1.82) is 0 Å². The van der Waals surface area contributed by atoms with E-state index in [1.54, 1.807) is 11.8 Å². The number of likely N-dealkylation sites (tertiary alicyclic amines) is 1. The maximum atomic E-state index is 13.4. The van der Waals surface area contributed by atoms with Crippen LogP contribution in [-0.4, -0.2) is 55.8 Å². The Morgan fingerprint density at radius 3 is 2.70 bits per heavy atom. The third-order valence-electron chi connectivity index (χ3n) is 3.90. The molecule has 0 spiro atoms. The quantitative estimate of drug-likeness (QED) is 0.273. The first-order valence-corrected chi connectivity index (χ1v) is 8.55. The highest BCUT2D eigenvalue weighted by atomic mass is 127. The standard InChI is InChI=1S/C17H24F2N4O3.HI/c1-2-25-17(24)23-8-5-13(6-9-23)22-16(20)21-7-10-26-15-4-3-12(18)11-14(15)19;/h3-4,11,13H,2,5-10H2,1H3,(H3,20,21,22);1H. The fourth-order valence-corrected chi connectivity index (χ4v) is 2.59. The van der Waals surface area contributed by atoms with Gasteiger partial charge in [0.15, 0.2) is 17.5 Å². The van der Waals surface area contributed by atoms with E-state index in [0.717, 1.165) is 25.0 Å². The number of amides is 1. The molecule has 0 radical (unpaired) electrons. The smallest absolute Gasteiger partial charge is 0.409 e. The van der Waals surface area contributed by atoms with Gasteiger partial charge in [-0.15, -0.1) is 24.0 Å². The summed E-state index contributed by atoms with van der Waals surface area (Å²) in [6.07, 6.45) is 1.19. The van der Waals surface area contributed by atoms with Crippen LogP contribution < -0.4 is 15.8 Å². The van der Waals surface area contributed by atoms with Crippen LogP contribution in [0.15, 0.2) is 23.2 Å². The first kappa shape index (κ1) is 23.2. The number of piperidine rings is 1. The SMILES string of the molecule is CCOC(=O)N1CCC(NC(N)=NCCOc2ccc(F)cc2F)CC1.I. The summed E-state index contributed by atoms with van der Waals surface area (Å²) < 4.78 is 36.4. The van der Waals surface area contributed by atoms with Crippen molar-refractivity contribution in [2.24, 2.45) is 10.7 Å². The normalized spacial score (nSPS) is 15.1. The molecule has 0 bridgehead atoms. The highest BCUT2D eigenvalue weighted by Gasteiger charge is 2.23. The number of nitrogens with one attached hydrogen (secondary N) is 1. The van der Waals surface area contributed by atoms with Crippen LogP contribution in [0.5, 0.6) is 5.75 Å². The fourth-order valence-electron chi connectivity index (χ4n) is 2.59. The average molecular weight is 498 g/mol. The first-order valence-electron chi connectivity index (χ1n) is 8.55. The molecule has 10 heteroatoms. The molecule has 0 aliphatic carbocycles. The molecule has 1 aromatic carbocycles. The molecule has 7 nitrogen and oxygen atoms in total. The van der Waals surface area contributed by atoms with E-state index in [2.05, 4.69) is 10.3 Å². The van der Waals surface area contributed by atoms with Crippen LogP contribution in [0, 0.1) is 11.6 Å². The molecule has 0 atom stereocenters. The van der Waals surface area contributed by atoms with Crippen LogP contribution in [-0.2, 0) is 4.74 Å². The molecule has 1 aromatic rings. The van der Waals surface area contributed by atoms with Crippen molar-refractivity contribution < 1.29 is 23.0 Å². The number of guanidine groups is 1. The van der Waals surface area contributed by atoms with E-state index >= 15 is 0 Å². The van der Waals surface area contributed by atoms with E-state index in [9.17, 15) is 13.6 Å². The second kappa shape index (κ2) is 11.8. The Bertz CT molecular complexity index is 641. The molecule has 0 unspecified atom stereocenters. The van der Waals surface area contributed by atoms with Crippen LogP contribution in [0.4, 0.5) is 13.6 Å². The van der Waals surface area contributed by atoms with Crippen molar-refractivity contribution in [1.82, 2.24) is 10.2 Å². The predicted octanol–water partition coefficient (Wildman–Crippen LogP) is 2.49. The van der Waals surface area contributed by atoms with Gasteiger partial charge in [0.05, 0.1) is 13.2 Å². The van der Waals surface area contributed by atoms with E-state index in [-0.39, 0.29) is 61.0 Å². The summed E-state index contributed by atoms with van der Waals surface area (Å²) in [5.41, 5.74) is 5.83. The zero-order chi connectivity index (χ0) is 18.9. The number of ether oxygens (including phenoxy) is 2. The minimum absolute atomic E-state index is 0. The molecule has 0 saturated carbocycles. The number of nitrogens with two attached hydrogens (primary N) is 1. The van der Waals surface area contributed by atoms with Crippen LogP contribution in [0.1, 0.15) is 19.8 Å². The lowest BCUT2D eigenvalue weighted by molar-refractivity contribution is 0.0963. The van der Waals surface area contributed by atoms with Gasteiger partial charge in [0.2, 0.25) is 0 Å². The van der Waals surface area contributed by atoms with Gasteiger partial charge < -0.3 is 25.4 Å².